The molecule has 1 aliphatic heterocycles. The fourth-order valence-electron chi connectivity index (χ4n) is 2.22. The number of likely N-dealkylation sites (tertiary alicyclic amines) is 1. The third-order valence-electron chi connectivity index (χ3n) is 3.12. The van der Waals surface area contributed by atoms with E-state index in [9.17, 15) is 18.0 Å². The number of amides is 1. The lowest BCUT2D eigenvalue weighted by molar-refractivity contribution is -0.163. The molecule has 1 unspecified atom stereocenters. The molecule has 1 amide bonds. The number of rotatable bonds is 3. The number of halogens is 3. The average molecular weight is 303 g/mol. The van der Waals surface area contributed by atoms with Crippen molar-refractivity contribution in [2.24, 2.45) is 0 Å². The molecule has 1 aromatic heterocycles. The van der Waals surface area contributed by atoms with Crippen molar-refractivity contribution in [2.75, 3.05) is 13.1 Å². The van der Waals surface area contributed by atoms with E-state index < -0.39 is 18.5 Å². The second-order valence-corrected chi connectivity index (χ2v) is 4.96. The van der Waals surface area contributed by atoms with Gasteiger partial charge in [-0.2, -0.15) is 18.2 Å². The van der Waals surface area contributed by atoms with Crippen LogP contribution in [0.25, 0.3) is 0 Å². The van der Waals surface area contributed by atoms with Crippen molar-refractivity contribution in [3.63, 3.8) is 0 Å². The molecule has 5 nitrogen and oxygen atoms in total. The largest absolute Gasteiger partial charge is 0.472 e. The van der Waals surface area contributed by atoms with Crippen LogP contribution in [0.4, 0.5) is 13.2 Å². The van der Waals surface area contributed by atoms with Gasteiger partial charge in [-0.15, -0.1) is 0 Å². The van der Waals surface area contributed by atoms with Crippen LogP contribution in [0.1, 0.15) is 25.1 Å². The predicted octanol–water partition coefficient (Wildman–Crippen LogP) is 2.11. The smallest absolute Gasteiger partial charge is 0.397 e. The summed E-state index contributed by atoms with van der Waals surface area (Å²) in [6.07, 6.45) is -3.41. The van der Waals surface area contributed by atoms with E-state index in [1.807, 2.05) is 0 Å². The zero-order valence-electron chi connectivity index (χ0n) is 11.6. The first-order valence-electron chi connectivity index (χ1n) is 6.64. The molecular weight excluding hydrogens is 287 g/mol. The number of carbonyl (C=O) groups is 1. The zero-order chi connectivity index (χ0) is 15.5. The quantitative estimate of drug-likeness (QED) is 0.858. The number of hydrogen-bond acceptors (Lipinski definition) is 4. The topological polar surface area (TPSA) is 55.3 Å². The van der Waals surface area contributed by atoms with Gasteiger partial charge in [0.05, 0.1) is 6.54 Å². The molecule has 8 heteroatoms. The van der Waals surface area contributed by atoms with E-state index in [2.05, 4.69) is 9.97 Å². The van der Waals surface area contributed by atoms with Crippen molar-refractivity contribution < 1.29 is 22.7 Å². The summed E-state index contributed by atoms with van der Waals surface area (Å²) >= 11 is 0. The Balaban J connectivity index is 1.93. The summed E-state index contributed by atoms with van der Waals surface area (Å²) in [6.45, 7) is 2.20. The lowest BCUT2D eigenvalue weighted by atomic mass is 10.1. The number of aryl methyl sites for hydroxylation is 1. The van der Waals surface area contributed by atoms with Crippen LogP contribution in [-0.2, 0) is 4.79 Å². The summed E-state index contributed by atoms with van der Waals surface area (Å²) in [6, 6.07) is 1.59. The number of hydrogen-bond donors (Lipinski definition) is 0. The molecule has 2 rings (SSSR count). The molecule has 21 heavy (non-hydrogen) atoms. The SMILES string of the molecule is Cc1nccc(OC2CCCN(C(=O)CC(F)(F)F)C2)n1. The van der Waals surface area contributed by atoms with Crippen LogP contribution >= 0.6 is 0 Å². The van der Waals surface area contributed by atoms with Gasteiger partial charge in [-0.3, -0.25) is 4.79 Å². The van der Waals surface area contributed by atoms with Crippen LogP contribution in [0.15, 0.2) is 12.3 Å². The van der Waals surface area contributed by atoms with E-state index >= 15 is 0 Å². The molecule has 116 valence electrons. The highest BCUT2D eigenvalue weighted by Crippen LogP contribution is 2.23. The summed E-state index contributed by atoms with van der Waals surface area (Å²) in [4.78, 5) is 20.8. The second kappa shape index (κ2) is 6.28. The predicted molar refractivity (Wildman–Crippen MR) is 67.7 cm³/mol. The van der Waals surface area contributed by atoms with Crippen LogP contribution in [0, 0.1) is 6.92 Å². The van der Waals surface area contributed by atoms with E-state index in [-0.39, 0.29) is 12.6 Å². The Morgan fingerprint density at radius 2 is 2.29 bits per heavy atom. The van der Waals surface area contributed by atoms with E-state index in [0.717, 1.165) is 0 Å². The van der Waals surface area contributed by atoms with Gasteiger partial charge in [-0.05, 0) is 19.8 Å². The van der Waals surface area contributed by atoms with Crippen LogP contribution in [-0.4, -0.2) is 46.1 Å². The Bertz CT molecular complexity index is 508. The summed E-state index contributed by atoms with van der Waals surface area (Å²) in [7, 11) is 0. The van der Waals surface area contributed by atoms with Gasteiger partial charge in [0.1, 0.15) is 18.3 Å². The monoisotopic (exact) mass is 303 g/mol. The van der Waals surface area contributed by atoms with Gasteiger partial charge in [0.15, 0.2) is 0 Å². The van der Waals surface area contributed by atoms with Crippen molar-refractivity contribution in [3.05, 3.63) is 18.1 Å². The highest BCUT2D eigenvalue weighted by Gasteiger charge is 2.35. The molecule has 0 saturated carbocycles. The van der Waals surface area contributed by atoms with Crippen molar-refractivity contribution in [1.29, 1.82) is 0 Å². The van der Waals surface area contributed by atoms with Gasteiger partial charge in [-0.1, -0.05) is 0 Å². The maximum Gasteiger partial charge on any atom is 0.397 e. The summed E-state index contributed by atoms with van der Waals surface area (Å²) < 4.78 is 42.4. The van der Waals surface area contributed by atoms with Gasteiger partial charge in [0.2, 0.25) is 11.8 Å². The minimum absolute atomic E-state index is 0.151. The lowest BCUT2D eigenvalue weighted by Crippen LogP contribution is -2.45. The molecule has 1 fully saturated rings. The van der Waals surface area contributed by atoms with Crippen LogP contribution in [0.5, 0.6) is 5.88 Å². The van der Waals surface area contributed by atoms with E-state index in [4.69, 9.17) is 4.74 Å². The molecular formula is C13H16F3N3O2. The standard InChI is InChI=1S/C13H16F3N3O2/c1-9-17-5-4-11(18-9)21-10-3-2-6-19(8-10)12(20)7-13(14,15)16/h4-5,10H,2-3,6-8H2,1H3. The fraction of sp³-hybridized carbons (Fsp3) is 0.615. The van der Waals surface area contributed by atoms with Crippen LogP contribution < -0.4 is 4.74 Å². The Morgan fingerprint density at radius 3 is 2.95 bits per heavy atom. The third kappa shape index (κ3) is 4.87. The van der Waals surface area contributed by atoms with Crippen LogP contribution in [0.2, 0.25) is 0 Å². The second-order valence-electron chi connectivity index (χ2n) is 4.96. The van der Waals surface area contributed by atoms with Crippen molar-refractivity contribution in [2.45, 2.75) is 38.5 Å². The normalized spacial score (nSPS) is 19.4. The molecule has 0 spiro atoms. The Morgan fingerprint density at radius 1 is 1.52 bits per heavy atom. The van der Waals surface area contributed by atoms with E-state index in [0.29, 0.717) is 31.1 Å². The Kier molecular flexibility index (Phi) is 4.64. The lowest BCUT2D eigenvalue weighted by Gasteiger charge is -2.32. The fourth-order valence-corrected chi connectivity index (χ4v) is 2.22. The third-order valence-corrected chi connectivity index (χ3v) is 3.12. The number of alkyl halides is 3. The molecule has 0 bridgehead atoms. The molecule has 1 aromatic rings. The number of piperidine rings is 1. The number of aromatic nitrogens is 2. The average Bonchev–Trinajstić information content (AvgIpc) is 2.37. The Hall–Kier alpha value is -1.86. The Labute approximate surface area is 120 Å². The van der Waals surface area contributed by atoms with Gasteiger partial charge in [0.25, 0.3) is 0 Å². The first-order chi connectivity index (χ1) is 9.83. The summed E-state index contributed by atoms with van der Waals surface area (Å²) in [5, 5.41) is 0. The maximum absolute atomic E-state index is 12.3. The van der Waals surface area contributed by atoms with Gasteiger partial charge in [-0.25, -0.2) is 4.98 Å². The van der Waals surface area contributed by atoms with Gasteiger partial charge < -0.3 is 9.64 Å². The number of carbonyl (C=O) groups excluding carboxylic acids is 1. The molecule has 2 heterocycles. The van der Waals surface area contributed by atoms with Crippen molar-refractivity contribution >= 4 is 5.91 Å². The van der Waals surface area contributed by atoms with E-state index in [1.54, 1.807) is 19.2 Å². The molecule has 0 N–H and O–H groups in total. The molecule has 0 radical (unpaired) electrons. The van der Waals surface area contributed by atoms with Crippen LogP contribution in [0.3, 0.4) is 0 Å². The molecule has 1 aliphatic rings. The minimum atomic E-state index is -4.48. The van der Waals surface area contributed by atoms with Gasteiger partial charge >= 0.3 is 6.18 Å². The first-order valence-corrected chi connectivity index (χ1v) is 6.64. The zero-order valence-corrected chi connectivity index (χ0v) is 11.6. The minimum Gasteiger partial charge on any atom is -0.472 e. The van der Waals surface area contributed by atoms with E-state index in [1.165, 1.54) is 4.90 Å². The molecule has 0 aromatic carbocycles. The molecule has 1 atom stereocenters. The summed E-state index contributed by atoms with van der Waals surface area (Å²) in [5.74, 6) is 0.0144. The summed E-state index contributed by atoms with van der Waals surface area (Å²) in [5.41, 5.74) is 0. The highest BCUT2D eigenvalue weighted by atomic mass is 19.4. The number of ether oxygens (including phenoxy) is 1. The first kappa shape index (κ1) is 15.5. The number of nitrogens with zero attached hydrogens (tertiary/aromatic N) is 3. The molecule has 1 saturated heterocycles. The maximum atomic E-state index is 12.3. The highest BCUT2D eigenvalue weighted by molar-refractivity contribution is 5.77. The molecule has 0 aliphatic carbocycles. The van der Waals surface area contributed by atoms with Crippen molar-refractivity contribution in [3.8, 4) is 5.88 Å². The van der Waals surface area contributed by atoms with Crippen molar-refractivity contribution in [1.82, 2.24) is 14.9 Å². The van der Waals surface area contributed by atoms with Gasteiger partial charge in [0, 0.05) is 18.8 Å².